The number of carbonyl (C=O) groups is 2. The van der Waals surface area contributed by atoms with Crippen molar-refractivity contribution in [1.82, 2.24) is 25.3 Å². The number of amides is 2. The Labute approximate surface area is 202 Å². The molecule has 3 atom stereocenters. The number of thiazole rings is 1. The van der Waals surface area contributed by atoms with E-state index in [2.05, 4.69) is 20.4 Å². The zero-order chi connectivity index (χ0) is 24.4. The molecule has 4 rings (SSSR count). The fourth-order valence-corrected chi connectivity index (χ4v) is 5.09. The Morgan fingerprint density at radius 3 is 2.59 bits per heavy atom. The molecule has 3 heterocycles. The van der Waals surface area contributed by atoms with E-state index in [4.69, 9.17) is 4.52 Å². The number of likely N-dealkylation sites (tertiary alicyclic amines) is 1. The Hall–Kier alpha value is -3.11. The summed E-state index contributed by atoms with van der Waals surface area (Å²) in [5, 5.41) is 17.1. The van der Waals surface area contributed by atoms with Crippen LogP contribution in [-0.2, 0) is 16.1 Å². The molecule has 180 valence electrons. The van der Waals surface area contributed by atoms with Gasteiger partial charge in [0.1, 0.15) is 12.0 Å². The largest absolute Gasteiger partial charge is 0.391 e. The molecule has 1 aliphatic rings. The van der Waals surface area contributed by atoms with E-state index in [1.807, 2.05) is 50.5 Å². The van der Waals surface area contributed by atoms with Gasteiger partial charge in [-0.2, -0.15) is 4.98 Å². The van der Waals surface area contributed by atoms with Crippen LogP contribution in [0, 0.1) is 19.8 Å². The number of aromatic nitrogens is 3. The lowest BCUT2D eigenvalue weighted by Crippen LogP contribution is -2.48. The molecule has 34 heavy (non-hydrogen) atoms. The number of aliphatic hydroxyl groups is 1. The molecule has 3 aromatic rings. The number of hydrogen-bond donors (Lipinski definition) is 2. The predicted octanol–water partition coefficient (Wildman–Crippen LogP) is 2.83. The average Bonchev–Trinajstić information content (AvgIpc) is 3.52. The molecule has 1 aromatic carbocycles. The number of carbonyl (C=O) groups excluding carboxylic acids is 2. The summed E-state index contributed by atoms with van der Waals surface area (Å²) in [7, 11) is 0. The minimum Gasteiger partial charge on any atom is -0.391 e. The van der Waals surface area contributed by atoms with Gasteiger partial charge in [-0.15, -0.1) is 11.3 Å². The summed E-state index contributed by atoms with van der Waals surface area (Å²) in [6.45, 7) is 7.86. The number of nitrogens with zero attached hydrogens (tertiary/aromatic N) is 4. The SMILES string of the molecule is Cc1nc([C@H](C(=O)N2C[C@H](O)C[C@H]2C(=O)NCc2ccc(-c3scnc3C)cc2)C(C)C)no1. The Balaban J connectivity index is 1.43. The van der Waals surface area contributed by atoms with Gasteiger partial charge in [0.15, 0.2) is 5.82 Å². The van der Waals surface area contributed by atoms with Crippen LogP contribution in [0.5, 0.6) is 0 Å². The zero-order valence-corrected chi connectivity index (χ0v) is 20.5. The smallest absolute Gasteiger partial charge is 0.243 e. The van der Waals surface area contributed by atoms with E-state index in [-0.39, 0.29) is 30.7 Å². The maximum Gasteiger partial charge on any atom is 0.243 e. The molecule has 10 heteroatoms. The highest BCUT2D eigenvalue weighted by molar-refractivity contribution is 7.13. The van der Waals surface area contributed by atoms with Crippen LogP contribution in [0.2, 0.25) is 0 Å². The molecule has 0 spiro atoms. The first kappa shape index (κ1) is 24.0. The van der Waals surface area contributed by atoms with Crippen molar-refractivity contribution < 1.29 is 19.2 Å². The molecule has 0 saturated carbocycles. The topological polar surface area (TPSA) is 121 Å². The lowest BCUT2D eigenvalue weighted by atomic mass is 9.93. The fourth-order valence-electron chi connectivity index (χ4n) is 4.28. The second kappa shape index (κ2) is 10.0. The summed E-state index contributed by atoms with van der Waals surface area (Å²) in [6, 6.07) is 7.20. The highest BCUT2D eigenvalue weighted by atomic mass is 32.1. The molecule has 2 amide bonds. The Morgan fingerprint density at radius 2 is 2.00 bits per heavy atom. The molecule has 9 nitrogen and oxygen atoms in total. The van der Waals surface area contributed by atoms with E-state index in [0.717, 1.165) is 21.7 Å². The van der Waals surface area contributed by atoms with Crippen LogP contribution in [0.4, 0.5) is 0 Å². The monoisotopic (exact) mass is 483 g/mol. The van der Waals surface area contributed by atoms with Crippen LogP contribution in [0.3, 0.4) is 0 Å². The molecule has 0 bridgehead atoms. The summed E-state index contributed by atoms with van der Waals surface area (Å²) < 4.78 is 5.07. The van der Waals surface area contributed by atoms with Crippen LogP contribution in [0.25, 0.3) is 10.4 Å². The normalized spacial score (nSPS) is 18.9. The minimum atomic E-state index is -0.763. The van der Waals surface area contributed by atoms with Gasteiger partial charge in [0.05, 0.1) is 22.2 Å². The van der Waals surface area contributed by atoms with Crippen molar-refractivity contribution in [3.8, 4) is 10.4 Å². The van der Waals surface area contributed by atoms with E-state index in [0.29, 0.717) is 18.3 Å². The van der Waals surface area contributed by atoms with Crippen molar-refractivity contribution in [2.24, 2.45) is 5.92 Å². The van der Waals surface area contributed by atoms with Crippen LogP contribution >= 0.6 is 11.3 Å². The Morgan fingerprint density at radius 1 is 1.26 bits per heavy atom. The van der Waals surface area contributed by atoms with Crippen molar-refractivity contribution in [1.29, 1.82) is 0 Å². The minimum absolute atomic E-state index is 0.0971. The van der Waals surface area contributed by atoms with Gasteiger partial charge in [0.25, 0.3) is 0 Å². The quantitative estimate of drug-likeness (QED) is 0.530. The second-order valence-electron chi connectivity index (χ2n) is 8.97. The lowest BCUT2D eigenvalue weighted by molar-refractivity contribution is -0.140. The summed E-state index contributed by atoms with van der Waals surface area (Å²) in [6.07, 6.45) is -0.571. The maximum absolute atomic E-state index is 13.4. The van der Waals surface area contributed by atoms with Crippen molar-refractivity contribution in [2.75, 3.05) is 6.54 Å². The molecule has 1 fully saturated rings. The summed E-state index contributed by atoms with van der Waals surface area (Å²) in [5.41, 5.74) is 4.84. The summed E-state index contributed by atoms with van der Waals surface area (Å²) in [4.78, 5) is 37.5. The maximum atomic E-state index is 13.4. The molecule has 0 unspecified atom stereocenters. The van der Waals surface area contributed by atoms with Crippen LogP contribution < -0.4 is 5.32 Å². The number of β-amino-alcohol motifs (C(OH)–C–C–N with tert-alkyl or cyclic N) is 1. The number of hydrogen-bond acceptors (Lipinski definition) is 8. The van der Waals surface area contributed by atoms with Gasteiger partial charge >= 0.3 is 0 Å². The predicted molar refractivity (Wildman–Crippen MR) is 127 cm³/mol. The van der Waals surface area contributed by atoms with Crippen LogP contribution in [0.15, 0.2) is 34.3 Å². The first-order valence-electron chi connectivity index (χ1n) is 11.3. The van der Waals surface area contributed by atoms with E-state index in [9.17, 15) is 14.7 Å². The van der Waals surface area contributed by atoms with Crippen molar-refractivity contribution >= 4 is 23.2 Å². The third kappa shape index (κ3) is 5.02. The first-order chi connectivity index (χ1) is 16.2. The van der Waals surface area contributed by atoms with Gasteiger partial charge in [-0.1, -0.05) is 43.3 Å². The first-order valence-corrected chi connectivity index (χ1v) is 12.2. The highest BCUT2D eigenvalue weighted by Gasteiger charge is 2.43. The zero-order valence-electron chi connectivity index (χ0n) is 19.7. The lowest BCUT2D eigenvalue weighted by Gasteiger charge is -2.28. The number of nitrogens with one attached hydrogen (secondary N) is 1. The molecule has 1 aliphatic heterocycles. The molecule has 1 saturated heterocycles. The highest BCUT2D eigenvalue weighted by Crippen LogP contribution is 2.30. The molecule has 0 radical (unpaired) electrons. The van der Waals surface area contributed by atoms with Crippen LogP contribution in [-0.4, -0.2) is 55.6 Å². The molecular weight excluding hydrogens is 454 g/mol. The number of rotatable bonds is 7. The molecule has 2 N–H and O–H groups in total. The number of aryl methyl sites for hydroxylation is 2. The van der Waals surface area contributed by atoms with Crippen LogP contribution in [0.1, 0.15) is 49.2 Å². The van der Waals surface area contributed by atoms with E-state index in [1.54, 1.807) is 18.3 Å². The van der Waals surface area contributed by atoms with E-state index < -0.39 is 18.1 Å². The summed E-state index contributed by atoms with van der Waals surface area (Å²) >= 11 is 1.59. The molecule has 0 aliphatic carbocycles. The van der Waals surface area contributed by atoms with Gasteiger partial charge in [-0.25, -0.2) is 4.98 Å². The average molecular weight is 484 g/mol. The number of aliphatic hydroxyl groups excluding tert-OH is 1. The van der Waals surface area contributed by atoms with Gasteiger partial charge in [0, 0.05) is 26.4 Å². The van der Waals surface area contributed by atoms with Crippen molar-refractivity contribution in [2.45, 2.75) is 58.7 Å². The van der Waals surface area contributed by atoms with E-state index >= 15 is 0 Å². The number of benzene rings is 1. The van der Waals surface area contributed by atoms with E-state index in [1.165, 1.54) is 4.90 Å². The summed E-state index contributed by atoms with van der Waals surface area (Å²) in [5.74, 6) is -0.654. The van der Waals surface area contributed by atoms with Crippen molar-refractivity contribution in [3.63, 3.8) is 0 Å². The standard InChI is InChI=1S/C24H29N5O4S/c1-13(2)20(22-27-15(4)33-28-22)24(32)29-11-18(30)9-19(29)23(31)25-10-16-5-7-17(8-6-16)21-14(3)26-12-34-21/h5-8,12-13,18-20,30H,9-11H2,1-4H3,(H,25,31)/t18-,19+,20-/m1/s1. The Bertz CT molecular complexity index is 1160. The van der Waals surface area contributed by atoms with Crippen molar-refractivity contribution in [3.05, 3.63) is 52.7 Å². The second-order valence-corrected chi connectivity index (χ2v) is 9.83. The van der Waals surface area contributed by atoms with Gasteiger partial charge in [-0.3, -0.25) is 9.59 Å². The molecular formula is C24H29N5O4S. The van der Waals surface area contributed by atoms with Gasteiger partial charge < -0.3 is 19.8 Å². The third-order valence-electron chi connectivity index (χ3n) is 6.05. The molecule has 2 aromatic heterocycles. The van der Waals surface area contributed by atoms with Gasteiger partial charge in [0.2, 0.25) is 17.7 Å². The third-order valence-corrected chi connectivity index (χ3v) is 7.02. The fraction of sp³-hybridized carbons (Fsp3) is 0.458. The van der Waals surface area contributed by atoms with Gasteiger partial charge in [-0.05, 0) is 24.0 Å². The Kier molecular flexibility index (Phi) is 7.08.